The molecule has 0 heterocycles. The van der Waals surface area contributed by atoms with E-state index in [9.17, 15) is 14.4 Å². The second-order valence-electron chi connectivity index (χ2n) is 4.33. The molecule has 20 heavy (non-hydrogen) atoms. The zero-order valence-electron chi connectivity index (χ0n) is 11.6. The molecule has 0 atom stereocenters. The van der Waals surface area contributed by atoms with Gasteiger partial charge in [0, 0.05) is 19.2 Å². The molecule has 0 aliphatic rings. The number of rotatable bonds is 6. The predicted molar refractivity (Wildman–Crippen MR) is 73.3 cm³/mol. The molecule has 1 aromatic rings. The molecule has 0 aromatic heterocycles. The first-order chi connectivity index (χ1) is 9.45. The summed E-state index contributed by atoms with van der Waals surface area (Å²) in [6.45, 7) is 1.48. The maximum Gasteiger partial charge on any atom is 0.323 e. The highest BCUT2D eigenvalue weighted by atomic mass is 16.4. The lowest BCUT2D eigenvalue weighted by Crippen LogP contribution is -2.43. The molecular formula is C14H18N2O4. The monoisotopic (exact) mass is 278 g/mol. The van der Waals surface area contributed by atoms with E-state index in [0.29, 0.717) is 12.1 Å². The van der Waals surface area contributed by atoms with Gasteiger partial charge in [0.25, 0.3) is 5.91 Å². The van der Waals surface area contributed by atoms with E-state index in [4.69, 9.17) is 5.11 Å². The van der Waals surface area contributed by atoms with Crippen LogP contribution >= 0.6 is 0 Å². The quantitative estimate of drug-likeness (QED) is 0.830. The van der Waals surface area contributed by atoms with Gasteiger partial charge in [-0.2, -0.15) is 0 Å². The largest absolute Gasteiger partial charge is 0.480 e. The van der Waals surface area contributed by atoms with Gasteiger partial charge in [0.05, 0.1) is 6.54 Å². The lowest BCUT2D eigenvalue weighted by molar-refractivity contribution is -0.144. The highest BCUT2D eigenvalue weighted by molar-refractivity contribution is 5.96. The number of carboxylic acids is 1. The van der Waals surface area contributed by atoms with Crippen molar-refractivity contribution in [1.82, 2.24) is 9.80 Å². The number of hydrogen-bond donors (Lipinski definition) is 1. The molecule has 0 unspecified atom stereocenters. The van der Waals surface area contributed by atoms with Crippen molar-refractivity contribution in [2.45, 2.75) is 6.92 Å². The summed E-state index contributed by atoms with van der Waals surface area (Å²) in [7, 11) is 1.52. The van der Waals surface area contributed by atoms with Gasteiger partial charge >= 0.3 is 5.97 Å². The smallest absolute Gasteiger partial charge is 0.323 e. The minimum atomic E-state index is -1.07. The normalized spacial score (nSPS) is 9.90. The second kappa shape index (κ2) is 7.28. The fourth-order valence-electron chi connectivity index (χ4n) is 1.72. The summed E-state index contributed by atoms with van der Waals surface area (Å²) >= 11 is 0. The number of hydrogen-bond acceptors (Lipinski definition) is 3. The number of benzene rings is 1. The van der Waals surface area contributed by atoms with Crippen LogP contribution in [0.1, 0.15) is 17.3 Å². The van der Waals surface area contributed by atoms with E-state index in [1.165, 1.54) is 16.8 Å². The van der Waals surface area contributed by atoms with Crippen molar-refractivity contribution in [2.75, 3.05) is 26.7 Å². The van der Waals surface area contributed by atoms with Gasteiger partial charge in [-0.1, -0.05) is 18.2 Å². The molecule has 0 saturated carbocycles. The van der Waals surface area contributed by atoms with Crippen molar-refractivity contribution in [3.05, 3.63) is 35.9 Å². The maximum absolute atomic E-state index is 12.1. The number of carbonyl (C=O) groups excluding carboxylic acids is 2. The van der Waals surface area contributed by atoms with E-state index in [2.05, 4.69) is 0 Å². The van der Waals surface area contributed by atoms with Crippen LogP contribution in [0.3, 0.4) is 0 Å². The molecule has 6 nitrogen and oxygen atoms in total. The topological polar surface area (TPSA) is 77.9 Å². The number of likely N-dealkylation sites (N-methyl/N-ethyl adjacent to an activating group) is 2. The number of carboxylic acid groups (broad SMARTS) is 1. The second-order valence-corrected chi connectivity index (χ2v) is 4.33. The summed E-state index contributed by atoms with van der Waals surface area (Å²) < 4.78 is 0. The van der Waals surface area contributed by atoms with Gasteiger partial charge in [0.2, 0.25) is 5.91 Å². The minimum absolute atomic E-state index is 0.144. The van der Waals surface area contributed by atoms with Crippen LogP contribution in [-0.4, -0.2) is 59.4 Å². The molecule has 1 aromatic carbocycles. The molecule has 108 valence electrons. The van der Waals surface area contributed by atoms with Gasteiger partial charge in [-0.25, -0.2) is 0 Å². The van der Waals surface area contributed by atoms with E-state index in [-0.39, 0.29) is 24.9 Å². The fraction of sp³-hybridized carbons (Fsp3) is 0.357. The van der Waals surface area contributed by atoms with Crippen LogP contribution in [0.15, 0.2) is 30.3 Å². The first-order valence-electron chi connectivity index (χ1n) is 6.25. The number of aliphatic carboxylic acids is 1. The Morgan fingerprint density at radius 1 is 1.10 bits per heavy atom. The number of carbonyl (C=O) groups is 3. The molecule has 6 heteroatoms. The van der Waals surface area contributed by atoms with Crippen molar-refractivity contribution in [3.8, 4) is 0 Å². The van der Waals surface area contributed by atoms with E-state index in [0.717, 1.165) is 0 Å². The molecule has 0 radical (unpaired) electrons. The van der Waals surface area contributed by atoms with Crippen LogP contribution in [0.2, 0.25) is 0 Å². The van der Waals surface area contributed by atoms with Crippen LogP contribution in [-0.2, 0) is 9.59 Å². The van der Waals surface area contributed by atoms with Crippen molar-refractivity contribution in [2.24, 2.45) is 0 Å². The van der Waals surface area contributed by atoms with E-state index in [1.807, 2.05) is 0 Å². The van der Waals surface area contributed by atoms with Crippen molar-refractivity contribution < 1.29 is 19.5 Å². The first-order valence-corrected chi connectivity index (χ1v) is 6.25. The Hall–Kier alpha value is -2.37. The molecule has 1 N–H and O–H groups in total. The van der Waals surface area contributed by atoms with Gasteiger partial charge in [-0.05, 0) is 19.1 Å². The molecular weight excluding hydrogens is 260 g/mol. The van der Waals surface area contributed by atoms with Gasteiger partial charge in [0.1, 0.15) is 6.54 Å². The Morgan fingerprint density at radius 2 is 1.70 bits per heavy atom. The fourth-order valence-corrected chi connectivity index (χ4v) is 1.72. The maximum atomic E-state index is 12.1. The molecule has 0 aliphatic heterocycles. The molecule has 0 spiro atoms. The van der Waals surface area contributed by atoms with Crippen LogP contribution < -0.4 is 0 Å². The summed E-state index contributed by atoms with van der Waals surface area (Å²) in [6, 6.07) is 8.61. The third kappa shape index (κ3) is 4.38. The average molecular weight is 278 g/mol. The van der Waals surface area contributed by atoms with E-state index < -0.39 is 5.97 Å². The zero-order chi connectivity index (χ0) is 15.1. The van der Waals surface area contributed by atoms with Crippen LogP contribution in [0.25, 0.3) is 0 Å². The number of nitrogens with zero attached hydrogens (tertiary/aromatic N) is 2. The molecule has 0 saturated heterocycles. The first kappa shape index (κ1) is 15.7. The Labute approximate surface area is 117 Å². The standard InChI is InChI=1S/C14H18N2O4/c1-3-16(10-13(18)19)12(17)9-15(2)14(20)11-7-5-4-6-8-11/h4-8H,3,9-10H2,1-2H3,(H,18,19). The van der Waals surface area contributed by atoms with Crippen LogP contribution in [0.5, 0.6) is 0 Å². The summed E-state index contributed by atoms with van der Waals surface area (Å²) in [6.07, 6.45) is 0. The summed E-state index contributed by atoms with van der Waals surface area (Å²) in [5, 5.41) is 8.71. The highest BCUT2D eigenvalue weighted by Crippen LogP contribution is 2.03. The summed E-state index contributed by atoms with van der Waals surface area (Å²) in [4.78, 5) is 37.1. The molecule has 2 amide bonds. The zero-order valence-corrected chi connectivity index (χ0v) is 11.6. The minimum Gasteiger partial charge on any atom is -0.480 e. The number of amides is 2. The summed E-state index contributed by atoms with van der Waals surface area (Å²) in [5.74, 6) is -1.73. The van der Waals surface area contributed by atoms with Crippen LogP contribution in [0.4, 0.5) is 0 Å². The highest BCUT2D eigenvalue weighted by Gasteiger charge is 2.19. The molecule has 0 aliphatic carbocycles. The Morgan fingerprint density at radius 3 is 2.20 bits per heavy atom. The average Bonchev–Trinajstić information content (AvgIpc) is 2.44. The van der Waals surface area contributed by atoms with Crippen molar-refractivity contribution in [1.29, 1.82) is 0 Å². The van der Waals surface area contributed by atoms with Gasteiger partial charge in [-0.3, -0.25) is 14.4 Å². The van der Waals surface area contributed by atoms with Crippen LogP contribution in [0, 0.1) is 0 Å². The SMILES string of the molecule is CCN(CC(=O)O)C(=O)CN(C)C(=O)c1ccccc1. The lowest BCUT2D eigenvalue weighted by Gasteiger charge is -2.23. The van der Waals surface area contributed by atoms with E-state index in [1.54, 1.807) is 37.3 Å². The predicted octanol–water partition coefficient (Wildman–Crippen LogP) is 0.692. The Balaban J connectivity index is 2.65. The van der Waals surface area contributed by atoms with E-state index >= 15 is 0 Å². The van der Waals surface area contributed by atoms with Gasteiger partial charge in [0.15, 0.2) is 0 Å². The van der Waals surface area contributed by atoms with Gasteiger partial charge in [-0.15, -0.1) is 0 Å². The Bertz CT molecular complexity index is 487. The molecule has 0 bridgehead atoms. The van der Waals surface area contributed by atoms with Gasteiger partial charge < -0.3 is 14.9 Å². The Kier molecular flexibility index (Phi) is 5.71. The lowest BCUT2D eigenvalue weighted by atomic mass is 10.2. The molecule has 0 fully saturated rings. The van der Waals surface area contributed by atoms with Crippen molar-refractivity contribution >= 4 is 17.8 Å². The third-order valence-corrected chi connectivity index (χ3v) is 2.80. The third-order valence-electron chi connectivity index (χ3n) is 2.80. The molecule has 1 rings (SSSR count). The summed E-state index contributed by atoms with van der Waals surface area (Å²) in [5.41, 5.74) is 0.490. The van der Waals surface area contributed by atoms with Crippen molar-refractivity contribution in [3.63, 3.8) is 0 Å².